The molecule has 2 unspecified atom stereocenters. The molecule has 0 aromatic rings. The zero-order valence-electron chi connectivity index (χ0n) is 13.3. The van der Waals surface area contributed by atoms with Crippen molar-refractivity contribution in [3.05, 3.63) is 0 Å². The van der Waals surface area contributed by atoms with Crippen LogP contribution in [0.3, 0.4) is 0 Å². The SMILES string of the molecule is CCCNC1(C(=O)OCC)CCCC(N(C)CC(F)F)C1. The molecule has 1 aliphatic rings. The number of hydrogen-bond donors (Lipinski definition) is 1. The first-order valence-corrected chi connectivity index (χ1v) is 7.85. The number of ether oxygens (including phenoxy) is 1. The summed E-state index contributed by atoms with van der Waals surface area (Å²) >= 11 is 0. The van der Waals surface area contributed by atoms with E-state index in [1.165, 1.54) is 0 Å². The van der Waals surface area contributed by atoms with E-state index in [0.29, 0.717) is 19.4 Å². The van der Waals surface area contributed by atoms with E-state index in [9.17, 15) is 13.6 Å². The zero-order chi connectivity index (χ0) is 15.9. The van der Waals surface area contributed by atoms with Crippen molar-refractivity contribution >= 4 is 5.97 Å². The van der Waals surface area contributed by atoms with E-state index < -0.39 is 12.0 Å². The maximum atomic E-state index is 12.6. The Labute approximate surface area is 126 Å². The molecule has 6 heteroatoms. The predicted octanol–water partition coefficient (Wildman–Crippen LogP) is 2.43. The molecule has 0 aromatic heterocycles. The monoisotopic (exact) mass is 306 g/mol. The lowest BCUT2D eigenvalue weighted by atomic mass is 9.78. The van der Waals surface area contributed by atoms with Crippen molar-refractivity contribution in [1.29, 1.82) is 0 Å². The fourth-order valence-corrected chi connectivity index (χ4v) is 3.04. The van der Waals surface area contributed by atoms with E-state index in [4.69, 9.17) is 4.74 Å². The molecule has 0 aliphatic heterocycles. The van der Waals surface area contributed by atoms with Gasteiger partial charge in [0.05, 0.1) is 13.2 Å². The van der Waals surface area contributed by atoms with E-state index in [0.717, 1.165) is 25.8 Å². The highest BCUT2D eigenvalue weighted by Crippen LogP contribution is 2.32. The molecule has 1 N–H and O–H groups in total. The third-order valence-corrected chi connectivity index (χ3v) is 4.15. The van der Waals surface area contributed by atoms with Gasteiger partial charge in [0.1, 0.15) is 5.54 Å². The molecule has 124 valence electrons. The summed E-state index contributed by atoms with van der Waals surface area (Å²) in [5.74, 6) is -0.242. The summed E-state index contributed by atoms with van der Waals surface area (Å²) in [5.41, 5.74) is -0.717. The first-order valence-electron chi connectivity index (χ1n) is 7.85. The van der Waals surface area contributed by atoms with Crippen LogP contribution in [0.15, 0.2) is 0 Å². The Morgan fingerprint density at radius 3 is 2.76 bits per heavy atom. The quantitative estimate of drug-likeness (QED) is 0.699. The van der Waals surface area contributed by atoms with Gasteiger partial charge in [-0.1, -0.05) is 6.92 Å². The van der Waals surface area contributed by atoms with Crippen LogP contribution in [-0.4, -0.2) is 55.6 Å². The number of rotatable bonds is 8. The summed E-state index contributed by atoms with van der Waals surface area (Å²) in [6, 6.07) is -0.0125. The summed E-state index contributed by atoms with van der Waals surface area (Å²) < 4.78 is 30.4. The number of alkyl halides is 2. The summed E-state index contributed by atoms with van der Waals surface area (Å²) in [5, 5.41) is 3.32. The van der Waals surface area contributed by atoms with Gasteiger partial charge in [-0.3, -0.25) is 9.69 Å². The van der Waals surface area contributed by atoms with Crippen LogP contribution in [0.25, 0.3) is 0 Å². The van der Waals surface area contributed by atoms with Crippen LogP contribution in [-0.2, 0) is 9.53 Å². The van der Waals surface area contributed by atoms with E-state index in [2.05, 4.69) is 5.32 Å². The number of nitrogens with one attached hydrogen (secondary N) is 1. The van der Waals surface area contributed by atoms with Gasteiger partial charge in [-0.25, -0.2) is 8.78 Å². The van der Waals surface area contributed by atoms with Crippen LogP contribution in [0.4, 0.5) is 8.78 Å². The second kappa shape index (κ2) is 8.63. The molecule has 0 radical (unpaired) electrons. The Bertz CT molecular complexity index is 329. The fourth-order valence-electron chi connectivity index (χ4n) is 3.04. The average Bonchev–Trinajstić information content (AvgIpc) is 2.45. The summed E-state index contributed by atoms with van der Waals surface area (Å²) in [6.07, 6.45) is 1.50. The summed E-state index contributed by atoms with van der Waals surface area (Å²) in [7, 11) is 1.71. The number of carbonyl (C=O) groups excluding carboxylic acids is 1. The molecule has 21 heavy (non-hydrogen) atoms. The maximum Gasteiger partial charge on any atom is 0.326 e. The second-order valence-electron chi connectivity index (χ2n) is 5.81. The number of esters is 1. The molecule has 0 heterocycles. The third kappa shape index (κ3) is 5.18. The molecule has 0 amide bonds. The van der Waals surface area contributed by atoms with Crippen molar-refractivity contribution in [3.63, 3.8) is 0 Å². The van der Waals surface area contributed by atoms with Crippen molar-refractivity contribution in [2.75, 3.05) is 26.7 Å². The van der Waals surface area contributed by atoms with Crippen LogP contribution in [0.1, 0.15) is 46.0 Å². The summed E-state index contributed by atoms with van der Waals surface area (Å²) in [6.45, 7) is 4.64. The predicted molar refractivity (Wildman–Crippen MR) is 78.5 cm³/mol. The normalized spacial score (nSPS) is 26.3. The van der Waals surface area contributed by atoms with Crippen molar-refractivity contribution in [1.82, 2.24) is 10.2 Å². The molecule has 4 nitrogen and oxygen atoms in total. The molecule has 0 saturated heterocycles. The third-order valence-electron chi connectivity index (χ3n) is 4.15. The van der Waals surface area contributed by atoms with Gasteiger partial charge in [0.25, 0.3) is 6.43 Å². The lowest BCUT2D eigenvalue weighted by Crippen LogP contribution is -2.59. The number of hydrogen-bond acceptors (Lipinski definition) is 4. The highest BCUT2D eigenvalue weighted by molar-refractivity contribution is 5.81. The topological polar surface area (TPSA) is 41.6 Å². The van der Waals surface area contributed by atoms with Crippen LogP contribution in [0.5, 0.6) is 0 Å². The van der Waals surface area contributed by atoms with Crippen molar-refractivity contribution in [3.8, 4) is 0 Å². The van der Waals surface area contributed by atoms with Gasteiger partial charge in [-0.15, -0.1) is 0 Å². The van der Waals surface area contributed by atoms with E-state index >= 15 is 0 Å². The van der Waals surface area contributed by atoms with Crippen molar-refractivity contribution < 1.29 is 18.3 Å². The highest BCUT2D eigenvalue weighted by atomic mass is 19.3. The first-order chi connectivity index (χ1) is 9.95. The Morgan fingerprint density at radius 1 is 1.48 bits per heavy atom. The highest BCUT2D eigenvalue weighted by Gasteiger charge is 2.44. The van der Waals surface area contributed by atoms with Gasteiger partial charge in [-0.05, 0) is 52.6 Å². The average molecular weight is 306 g/mol. The van der Waals surface area contributed by atoms with E-state index in [1.807, 2.05) is 6.92 Å². The first kappa shape index (κ1) is 18.3. The minimum atomic E-state index is -2.35. The second-order valence-corrected chi connectivity index (χ2v) is 5.81. The molecular weight excluding hydrogens is 278 g/mol. The van der Waals surface area contributed by atoms with Gasteiger partial charge < -0.3 is 10.1 Å². The largest absolute Gasteiger partial charge is 0.465 e. The van der Waals surface area contributed by atoms with Gasteiger partial charge in [-0.2, -0.15) is 0 Å². The molecule has 1 rings (SSSR count). The van der Waals surface area contributed by atoms with Gasteiger partial charge in [0.15, 0.2) is 0 Å². The molecule has 0 spiro atoms. The smallest absolute Gasteiger partial charge is 0.326 e. The van der Waals surface area contributed by atoms with Gasteiger partial charge >= 0.3 is 5.97 Å². The molecule has 2 atom stereocenters. The van der Waals surface area contributed by atoms with Crippen LogP contribution >= 0.6 is 0 Å². The van der Waals surface area contributed by atoms with E-state index in [1.54, 1.807) is 18.9 Å². The summed E-state index contributed by atoms with van der Waals surface area (Å²) in [4.78, 5) is 14.0. The van der Waals surface area contributed by atoms with Gasteiger partial charge in [0.2, 0.25) is 0 Å². The Balaban J connectivity index is 2.79. The molecular formula is C15H28F2N2O2. The standard InChI is InChI=1S/C15H28F2N2O2/c1-4-9-18-15(14(20)21-5-2)8-6-7-12(10-15)19(3)11-13(16)17/h12-13,18H,4-11H2,1-3H3. The van der Waals surface area contributed by atoms with Crippen LogP contribution in [0, 0.1) is 0 Å². The Kier molecular flexibility index (Phi) is 7.52. The number of nitrogens with zero attached hydrogens (tertiary/aromatic N) is 1. The molecule has 1 fully saturated rings. The maximum absolute atomic E-state index is 12.6. The molecule has 0 bridgehead atoms. The number of carbonyl (C=O) groups is 1. The molecule has 1 aliphatic carbocycles. The van der Waals surface area contributed by atoms with Crippen LogP contribution in [0.2, 0.25) is 0 Å². The van der Waals surface area contributed by atoms with Crippen molar-refractivity contribution in [2.45, 2.75) is 64.0 Å². The minimum Gasteiger partial charge on any atom is -0.465 e. The molecule has 1 saturated carbocycles. The molecule has 0 aromatic carbocycles. The fraction of sp³-hybridized carbons (Fsp3) is 0.933. The lowest BCUT2D eigenvalue weighted by molar-refractivity contribution is -0.154. The Hall–Kier alpha value is -0.750. The van der Waals surface area contributed by atoms with E-state index in [-0.39, 0.29) is 18.6 Å². The lowest BCUT2D eigenvalue weighted by Gasteiger charge is -2.42. The van der Waals surface area contributed by atoms with Crippen LogP contribution < -0.4 is 5.32 Å². The Morgan fingerprint density at radius 2 is 2.19 bits per heavy atom. The zero-order valence-corrected chi connectivity index (χ0v) is 13.3. The number of halogens is 2. The minimum absolute atomic E-state index is 0.0125. The van der Waals surface area contributed by atoms with Crippen molar-refractivity contribution in [2.24, 2.45) is 0 Å². The van der Waals surface area contributed by atoms with Gasteiger partial charge in [0, 0.05) is 6.04 Å².